The quantitative estimate of drug-likeness (QED) is 0.755. The molecule has 1 aliphatic heterocycles. The van der Waals surface area contributed by atoms with Gasteiger partial charge in [-0.2, -0.15) is 0 Å². The summed E-state index contributed by atoms with van der Waals surface area (Å²) in [6.07, 6.45) is 2.82. The highest BCUT2D eigenvalue weighted by molar-refractivity contribution is 7.90. The Morgan fingerprint density at radius 1 is 1.23 bits per heavy atom. The first-order chi connectivity index (χ1) is 12.4. The molecular formula is C18H25N5O2S. The molecule has 1 aliphatic rings. The van der Waals surface area contributed by atoms with Gasteiger partial charge in [0.15, 0.2) is 9.84 Å². The van der Waals surface area contributed by atoms with E-state index in [0.29, 0.717) is 12.5 Å². The molecule has 2 heterocycles. The summed E-state index contributed by atoms with van der Waals surface area (Å²) in [7, 11) is 0.634. The second kappa shape index (κ2) is 8.11. The van der Waals surface area contributed by atoms with Gasteiger partial charge in [-0.15, -0.1) is 0 Å². The third-order valence-electron chi connectivity index (χ3n) is 4.26. The van der Waals surface area contributed by atoms with E-state index in [1.165, 1.54) is 5.56 Å². The average molecular weight is 375 g/mol. The van der Waals surface area contributed by atoms with Gasteiger partial charge in [-0.3, -0.25) is 0 Å². The maximum absolute atomic E-state index is 12.1. The van der Waals surface area contributed by atoms with Gasteiger partial charge in [0.2, 0.25) is 5.95 Å². The molecule has 0 atom stereocenters. The van der Waals surface area contributed by atoms with Crippen LogP contribution in [0.15, 0.2) is 30.5 Å². The van der Waals surface area contributed by atoms with Gasteiger partial charge < -0.3 is 15.5 Å². The first-order valence-corrected chi connectivity index (χ1v) is 10.5. The molecule has 3 rings (SSSR count). The Morgan fingerprint density at radius 2 is 2.00 bits per heavy atom. The van der Waals surface area contributed by atoms with Gasteiger partial charge in [0.1, 0.15) is 0 Å². The van der Waals surface area contributed by atoms with Crippen molar-refractivity contribution in [3.8, 4) is 0 Å². The molecule has 0 radical (unpaired) electrons. The lowest BCUT2D eigenvalue weighted by Crippen LogP contribution is -2.25. The summed E-state index contributed by atoms with van der Waals surface area (Å²) in [5.41, 5.74) is 3.83. The minimum Gasteiger partial charge on any atom is -0.324 e. The SMILES string of the molecule is CN(C)CCS(=O)(=O)Cc1ccc(Nc2ncc3c(n2)CNCC3)cc1. The van der Waals surface area contributed by atoms with E-state index >= 15 is 0 Å². The molecule has 0 aliphatic carbocycles. The standard InChI is InChI=1S/C18H25N5O2S/c1-23(2)9-10-26(24,25)13-14-3-5-16(6-4-14)21-18-20-11-15-7-8-19-12-17(15)22-18/h3-6,11,19H,7-10,12-13H2,1-2H3,(H,20,21,22). The van der Waals surface area contributed by atoms with Crippen molar-refractivity contribution >= 4 is 21.5 Å². The summed E-state index contributed by atoms with van der Waals surface area (Å²) in [6, 6.07) is 7.38. The maximum Gasteiger partial charge on any atom is 0.227 e. The van der Waals surface area contributed by atoms with Gasteiger partial charge in [0.25, 0.3) is 0 Å². The molecule has 7 nitrogen and oxygen atoms in total. The van der Waals surface area contributed by atoms with Crippen molar-refractivity contribution in [3.63, 3.8) is 0 Å². The van der Waals surface area contributed by atoms with Gasteiger partial charge in [0.05, 0.1) is 17.2 Å². The predicted molar refractivity (Wildman–Crippen MR) is 103 cm³/mol. The van der Waals surface area contributed by atoms with Crippen molar-refractivity contribution in [2.45, 2.75) is 18.7 Å². The zero-order chi connectivity index (χ0) is 18.6. The molecule has 0 spiro atoms. The van der Waals surface area contributed by atoms with E-state index < -0.39 is 9.84 Å². The zero-order valence-corrected chi connectivity index (χ0v) is 16.0. The van der Waals surface area contributed by atoms with Crippen LogP contribution >= 0.6 is 0 Å². The van der Waals surface area contributed by atoms with Gasteiger partial charge in [-0.05, 0) is 50.3 Å². The smallest absolute Gasteiger partial charge is 0.227 e. The Hall–Kier alpha value is -2.03. The molecule has 26 heavy (non-hydrogen) atoms. The number of benzene rings is 1. The lowest BCUT2D eigenvalue weighted by molar-refractivity contribution is 0.432. The van der Waals surface area contributed by atoms with E-state index in [1.807, 2.05) is 49.5 Å². The lowest BCUT2D eigenvalue weighted by Gasteiger charge is -2.16. The fraction of sp³-hybridized carbons (Fsp3) is 0.444. The number of hydrogen-bond donors (Lipinski definition) is 2. The zero-order valence-electron chi connectivity index (χ0n) is 15.2. The summed E-state index contributed by atoms with van der Waals surface area (Å²) in [5.74, 6) is 0.776. The van der Waals surface area contributed by atoms with Crippen molar-refractivity contribution in [1.82, 2.24) is 20.2 Å². The first kappa shape index (κ1) is 18.8. The minimum atomic E-state index is -3.11. The van der Waals surface area contributed by atoms with Crippen molar-refractivity contribution in [2.75, 3.05) is 38.3 Å². The maximum atomic E-state index is 12.1. The molecule has 1 aromatic carbocycles. The van der Waals surface area contributed by atoms with Gasteiger partial charge in [0, 0.05) is 25.0 Å². The lowest BCUT2D eigenvalue weighted by atomic mass is 10.1. The summed E-state index contributed by atoms with van der Waals surface area (Å²) < 4.78 is 24.3. The van der Waals surface area contributed by atoms with E-state index in [1.54, 1.807) is 0 Å². The van der Waals surface area contributed by atoms with Crippen LogP contribution in [0.4, 0.5) is 11.6 Å². The predicted octanol–water partition coefficient (Wildman–Crippen LogP) is 1.34. The molecule has 140 valence electrons. The van der Waals surface area contributed by atoms with Crippen LogP contribution in [0.25, 0.3) is 0 Å². The largest absolute Gasteiger partial charge is 0.324 e. The topological polar surface area (TPSA) is 87.2 Å². The number of sulfone groups is 1. The van der Waals surface area contributed by atoms with Gasteiger partial charge >= 0.3 is 0 Å². The Kier molecular flexibility index (Phi) is 5.85. The van der Waals surface area contributed by atoms with Crippen LogP contribution < -0.4 is 10.6 Å². The highest BCUT2D eigenvalue weighted by atomic mass is 32.2. The summed E-state index contributed by atoms with van der Waals surface area (Å²) in [5, 5.41) is 6.48. The number of nitrogens with one attached hydrogen (secondary N) is 2. The van der Waals surface area contributed by atoms with Crippen LogP contribution in [0.1, 0.15) is 16.8 Å². The van der Waals surface area contributed by atoms with E-state index in [9.17, 15) is 8.42 Å². The van der Waals surface area contributed by atoms with Gasteiger partial charge in [-0.25, -0.2) is 18.4 Å². The monoisotopic (exact) mass is 375 g/mol. The Labute approximate surface area is 154 Å². The fourth-order valence-electron chi connectivity index (χ4n) is 2.76. The molecule has 1 aromatic heterocycles. The molecule has 0 unspecified atom stereocenters. The molecular weight excluding hydrogens is 350 g/mol. The van der Waals surface area contributed by atoms with Crippen LogP contribution in [-0.4, -0.2) is 56.2 Å². The Balaban J connectivity index is 1.63. The number of hydrogen-bond acceptors (Lipinski definition) is 7. The normalized spacial score (nSPS) is 14.3. The summed E-state index contributed by atoms with van der Waals surface area (Å²) in [6.45, 7) is 2.25. The third kappa shape index (κ3) is 5.23. The Morgan fingerprint density at radius 3 is 2.73 bits per heavy atom. The second-order valence-corrected chi connectivity index (χ2v) is 8.99. The summed E-state index contributed by atoms with van der Waals surface area (Å²) >= 11 is 0. The van der Waals surface area contributed by atoms with Crippen LogP contribution in [0.2, 0.25) is 0 Å². The van der Waals surface area contributed by atoms with Gasteiger partial charge in [-0.1, -0.05) is 12.1 Å². The van der Waals surface area contributed by atoms with Crippen molar-refractivity contribution < 1.29 is 8.42 Å². The molecule has 2 N–H and O–H groups in total. The van der Waals surface area contributed by atoms with Crippen LogP contribution in [0.5, 0.6) is 0 Å². The van der Waals surface area contributed by atoms with Crippen LogP contribution in [0, 0.1) is 0 Å². The molecule has 0 saturated heterocycles. The number of fused-ring (bicyclic) bond motifs is 1. The van der Waals surface area contributed by atoms with Crippen LogP contribution in [0.3, 0.4) is 0 Å². The minimum absolute atomic E-state index is 0.0577. The highest BCUT2D eigenvalue weighted by Gasteiger charge is 2.13. The van der Waals surface area contributed by atoms with Crippen LogP contribution in [-0.2, 0) is 28.6 Å². The van der Waals surface area contributed by atoms with E-state index in [-0.39, 0.29) is 11.5 Å². The highest BCUT2D eigenvalue weighted by Crippen LogP contribution is 2.18. The first-order valence-electron chi connectivity index (χ1n) is 8.68. The third-order valence-corrected chi connectivity index (χ3v) is 5.84. The number of rotatable bonds is 7. The van der Waals surface area contributed by atoms with Crippen molar-refractivity contribution in [3.05, 3.63) is 47.3 Å². The summed E-state index contributed by atoms with van der Waals surface area (Å²) in [4.78, 5) is 10.8. The molecule has 0 amide bonds. The fourth-order valence-corrected chi connectivity index (χ4v) is 4.24. The number of anilines is 2. The van der Waals surface area contributed by atoms with Crippen molar-refractivity contribution in [1.29, 1.82) is 0 Å². The molecule has 2 aromatic rings. The second-order valence-electron chi connectivity index (χ2n) is 6.81. The molecule has 8 heteroatoms. The molecule has 0 saturated carbocycles. The van der Waals surface area contributed by atoms with Crippen molar-refractivity contribution in [2.24, 2.45) is 0 Å². The van der Waals surface area contributed by atoms with E-state index in [0.717, 1.165) is 36.5 Å². The Bertz CT molecular complexity index is 850. The van der Waals surface area contributed by atoms with E-state index in [4.69, 9.17) is 0 Å². The number of nitrogens with zero attached hydrogens (tertiary/aromatic N) is 3. The van der Waals surface area contributed by atoms with E-state index in [2.05, 4.69) is 20.6 Å². The molecule has 0 bridgehead atoms. The average Bonchev–Trinajstić information content (AvgIpc) is 2.61. The molecule has 0 fully saturated rings. The number of aromatic nitrogens is 2.